The van der Waals surface area contributed by atoms with Gasteiger partial charge in [0, 0.05) is 12.4 Å². The van der Waals surface area contributed by atoms with Gasteiger partial charge in [0.05, 0.1) is 18.8 Å². The van der Waals surface area contributed by atoms with E-state index >= 15 is 0 Å². The van der Waals surface area contributed by atoms with Crippen molar-refractivity contribution in [3.63, 3.8) is 0 Å². The second kappa shape index (κ2) is 11.9. The standard InChI is InChI=1S/C12H22O11.C6H5NO2/c13-1-3-5(15)6(16)9(19)12(22-3)23-10-4(2-14)21-11(20)8(18)7(10)17;8-6(9)5-2-1-3-7-4-5/h3-20H,1-2H2;1-4H,(H,8,9)/t3-,4-,5+,6+,7-,8-,9-,10-,11-,12+;/m1./s1. The maximum absolute atomic E-state index is 10.2. The number of hydrogen-bond acceptors (Lipinski definition) is 13. The number of rotatable bonds is 5. The van der Waals surface area contributed by atoms with Gasteiger partial charge in [0.15, 0.2) is 12.6 Å². The first-order valence-electron chi connectivity index (χ1n) is 9.52. The molecule has 2 aliphatic heterocycles. The van der Waals surface area contributed by atoms with Gasteiger partial charge in [-0.15, -0.1) is 0 Å². The van der Waals surface area contributed by atoms with E-state index in [0.29, 0.717) is 0 Å². The normalized spacial score (nSPS) is 39.6. The van der Waals surface area contributed by atoms with E-state index in [1.54, 1.807) is 6.07 Å². The maximum atomic E-state index is 10.2. The fourth-order valence-corrected chi connectivity index (χ4v) is 3.06. The smallest absolute Gasteiger partial charge is 0.337 e. The first-order valence-corrected chi connectivity index (χ1v) is 9.52. The average Bonchev–Trinajstić information content (AvgIpc) is 2.80. The summed E-state index contributed by atoms with van der Waals surface area (Å²) in [6, 6.07) is 3.08. The van der Waals surface area contributed by atoms with Crippen LogP contribution in [0.2, 0.25) is 0 Å². The predicted octanol–water partition coefficient (Wildman–Crippen LogP) is -4.62. The minimum atomic E-state index is -1.74. The molecule has 0 spiro atoms. The summed E-state index contributed by atoms with van der Waals surface area (Å²) in [5, 5.41) is 84.8. The van der Waals surface area contributed by atoms with Gasteiger partial charge in [0.1, 0.15) is 48.8 Å². The van der Waals surface area contributed by atoms with E-state index in [2.05, 4.69) is 4.98 Å². The van der Waals surface area contributed by atoms with E-state index in [-0.39, 0.29) is 5.56 Å². The second-order valence-electron chi connectivity index (χ2n) is 7.07. The summed E-state index contributed by atoms with van der Waals surface area (Å²) in [5.41, 5.74) is 0.220. The monoisotopic (exact) mass is 465 g/mol. The lowest BCUT2D eigenvalue weighted by molar-refractivity contribution is -0.355. The molecule has 0 aliphatic carbocycles. The lowest BCUT2D eigenvalue weighted by Crippen LogP contribution is -2.64. The number of aliphatic hydroxyl groups is 8. The Bertz CT molecular complexity index is 705. The summed E-state index contributed by atoms with van der Waals surface area (Å²) in [7, 11) is 0. The average molecular weight is 465 g/mol. The molecular formula is C18H27NO13. The van der Waals surface area contributed by atoms with Crippen LogP contribution >= 0.6 is 0 Å². The highest BCUT2D eigenvalue weighted by molar-refractivity contribution is 5.86. The molecule has 0 radical (unpaired) electrons. The summed E-state index contributed by atoms with van der Waals surface area (Å²) in [6.45, 7) is -1.35. The molecule has 1 aromatic rings. The van der Waals surface area contributed by atoms with E-state index in [9.17, 15) is 40.5 Å². The van der Waals surface area contributed by atoms with Crippen LogP contribution in [0.25, 0.3) is 0 Å². The minimum absolute atomic E-state index is 0.220. The number of carbonyl (C=O) groups is 1. The van der Waals surface area contributed by atoms with Crippen LogP contribution in [0.15, 0.2) is 24.5 Å². The molecule has 3 rings (SSSR count). The fraction of sp³-hybridized carbons (Fsp3) is 0.667. The van der Waals surface area contributed by atoms with Crippen molar-refractivity contribution in [2.24, 2.45) is 0 Å². The Balaban J connectivity index is 0.000000336. The van der Waals surface area contributed by atoms with Crippen LogP contribution in [-0.2, 0) is 14.2 Å². The van der Waals surface area contributed by atoms with Gasteiger partial charge in [-0.1, -0.05) is 0 Å². The van der Waals surface area contributed by atoms with E-state index in [0.717, 1.165) is 0 Å². The van der Waals surface area contributed by atoms with Crippen molar-refractivity contribution >= 4 is 5.97 Å². The quantitative estimate of drug-likeness (QED) is 0.199. The highest BCUT2D eigenvalue weighted by Gasteiger charge is 2.50. The molecule has 0 amide bonds. The predicted molar refractivity (Wildman–Crippen MR) is 99.8 cm³/mol. The number of ether oxygens (including phenoxy) is 3. The molecule has 0 aromatic carbocycles. The summed E-state index contributed by atoms with van der Waals surface area (Å²) in [4.78, 5) is 13.8. The molecular weight excluding hydrogens is 438 g/mol. The zero-order chi connectivity index (χ0) is 24.0. The van der Waals surface area contributed by atoms with Crippen LogP contribution in [-0.4, -0.2) is 132 Å². The topological polar surface area (TPSA) is 240 Å². The third-order valence-electron chi connectivity index (χ3n) is 4.89. The van der Waals surface area contributed by atoms with Gasteiger partial charge in [-0.05, 0) is 12.1 Å². The maximum Gasteiger partial charge on any atom is 0.337 e. The molecule has 2 aliphatic rings. The molecule has 10 atom stereocenters. The summed E-state index contributed by atoms with van der Waals surface area (Å²) in [6.07, 6.45) is -12.7. The van der Waals surface area contributed by atoms with Crippen molar-refractivity contribution in [3.8, 4) is 0 Å². The molecule has 182 valence electrons. The Morgan fingerprint density at radius 1 is 0.906 bits per heavy atom. The Kier molecular flexibility index (Phi) is 9.81. The first-order chi connectivity index (χ1) is 15.1. The Morgan fingerprint density at radius 3 is 2.06 bits per heavy atom. The first kappa shape index (κ1) is 26.4. The highest BCUT2D eigenvalue weighted by Crippen LogP contribution is 2.28. The van der Waals surface area contributed by atoms with Crippen LogP contribution in [0, 0.1) is 0 Å². The van der Waals surface area contributed by atoms with Crippen LogP contribution in [0.3, 0.4) is 0 Å². The molecule has 9 N–H and O–H groups in total. The number of pyridine rings is 1. The summed E-state index contributed by atoms with van der Waals surface area (Å²) < 4.78 is 15.3. The molecule has 1 aromatic heterocycles. The number of aliphatic hydroxyl groups excluding tert-OH is 8. The Hall–Kier alpha value is -1.82. The van der Waals surface area contributed by atoms with Gasteiger partial charge in [0.2, 0.25) is 0 Å². The third-order valence-corrected chi connectivity index (χ3v) is 4.89. The zero-order valence-electron chi connectivity index (χ0n) is 16.6. The number of nitrogens with zero attached hydrogens (tertiary/aromatic N) is 1. The van der Waals surface area contributed by atoms with Gasteiger partial charge in [0.25, 0.3) is 0 Å². The van der Waals surface area contributed by atoms with Gasteiger partial charge < -0.3 is 60.2 Å². The van der Waals surface area contributed by atoms with Crippen LogP contribution < -0.4 is 0 Å². The van der Waals surface area contributed by atoms with Crippen LogP contribution in [0.4, 0.5) is 0 Å². The van der Waals surface area contributed by atoms with E-state index in [1.165, 1.54) is 18.5 Å². The number of hydrogen-bond donors (Lipinski definition) is 9. The fourth-order valence-electron chi connectivity index (χ4n) is 3.06. The number of aromatic carboxylic acids is 1. The highest BCUT2D eigenvalue weighted by atomic mass is 16.7. The Labute approximate surface area is 181 Å². The van der Waals surface area contributed by atoms with E-state index in [1.807, 2.05) is 0 Å². The molecule has 2 saturated heterocycles. The largest absolute Gasteiger partial charge is 0.478 e. The molecule has 0 bridgehead atoms. The molecule has 14 nitrogen and oxygen atoms in total. The van der Waals surface area contributed by atoms with Crippen molar-refractivity contribution in [1.29, 1.82) is 0 Å². The van der Waals surface area contributed by atoms with Crippen molar-refractivity contribution < 1.29 is 65.0 Å². The molecule has 0 unspecified atom stereocenters. The summed E-state index contributed by atoms with van der Waals surface area (Å²) in [5.74, 6) is -0.942. The van der Waals surface area contributed by atoms with Crippen molar-refractivity contribution in [3.05, 3.63) is 30.1 Å². The zero-order valence-corrected chi connectivity index (χ0v) is 16.6. The molecule has 2 fully saturated rings. The molecule has 32 heavy (non-hydrogen) atoms. The van der Waals surface area contributed by atoms with Crippen LogP contribution in [0.5, 0.6) is 0 Å². The van der Waals surface area contributed by atoms with Gasteiger partial charge in [-0.3, -0.25) is 4.98 Å². The van der Waals surface area contributed by atoms with E-state index in [4.69, 9.17) is 24.4 Å². The number of aromatic nitrogens is 1. The number of carboxylic acids is 1. The van der Waals surface area contributed by atoms with Gasteiger partial charge in [-0.2, -0.15) is 0 Å². The minimum Gasteiger partial charge on any atom is -0.478 e. The third kappa shape index (κ3) is 6.15. The SMILES string of the molecule is O=C(O)c1cccnc1.OC[C@H]1O[C@@H](O[C@H]2[C@H](O)[C@@H](O)[C@H](O)O[C@@H]2CO)[C@H](O)[C@@H](O)[C@H]1O. The van der Waals surface area contributed by atoms with Gasteiger partial charge >= 0.3 is 5.97 Å². The van der Waals surface area contributed by atoms with Gasteiger partial charge in [-0.25, -0.2) is 4.79 Å². The van der Waals surface area contributed by atoms with Crippen molar-refractivity contribution in [1.82, 2.24) is 4.98 Å². The van der Waals surface area contributed by atoms with Crippen molar-refractivity contribution in [2.75, 3.05) is 13.2 Å². The van der Waals surface area contributed by atoms with Crippen LogP contribution in [0.1, 0.15) is 10.4 Å². The van der Waals surface area contributed by atoms with E-state index < -0.39 is 80.6 Å². The lowest BCUT2D eigenvalue weighted by Gasteiger charge is -2.45. The van der Waals surface area contributed by atoms with Crippen molar-refractivity contribution in [2.45, 2.75) is 61.4 Å². The summed E-state index contributed by atoms with van der Waals surface area (Å²) >= 11 is 0. The second-order valence-corrected chi connectivity index (χ2v) is 7.07. The molecule has 0 saturated carbocycles. The molecule has 3 heterocycles. The number of carboxylic acid groups (broad SMARTS) is 1. The lowest BCUT2D eigenvalue weighted by atomic mass is 9.97. The molecule has 14 heteroatoms. The Morgan fingerprint density at radius 2 is 1.56 bits per heavy atom.